The SMILES string of the molecule is CN1CCCc2cc(-c3nccnc3N)ccc21. The second-order valence-electron chi connectivity index (χ2n) is 4.66. The van der Waals surface area contributed by atoms with Gasteiger partial charge >= 0.3 is 0 Å². The average molecular weight is 240 g/mol. The summed E-state index contributed by atoms with van der Waals surface area (Å²) in [6.45, 7) is 1.12. The molecule has 1 aromatic heterocycles. The molecule has 0 spiro atoms. The predicted octanol–water partition coefficient (Wildman–Crippen LogP) is 2.11. The van der Waals surface area contributed by atoms with Crippen LogP contribution in [-0.2, 0) is 6.42 Å². The molecule has 1 aromatic carbocycles. The number of nitrogen functional groups attached to an aromatic ring is 1. The van der Waals surface area contributed by atoms with Crippen molar-refractivity contribution >= 4 is 11.5 Å². The van der Waals surface area contributed by atoms with E-state index in [1.165, 1.54) is 17.7 Å². The monoisotopic (exact) mass is 240 g/mol. The van der Waals surface area contributed by atoms with Gasteiger partial charge in [0.1, 0.15) is 11.5 Å². The van der Waals surface area contributed by atoms with E-state index >= 15 is 0 Å². The summed E-state index contributed by atoms with van der Waals surface area (Å²) in [6, 6.07) is 6.41. The van der Waals surface area contributed by atoms with Crippen LogP contribution in [0.5, 0.6) is 0 Å². The zero-order valence-electron chi connectivity index (χ0n) is 10.4. The number of aryl methyl sites for hydroxylation is 1. The Hall–Kier alpha value is -2.10. The van der Waals surface area contributed by atoms with Crippen LogP contribution < -0.4 is 10.6 Å². The Kier molecular flexibility index (Phi) is 2.63. The van der Waals surface area contributed by atoms with E-state index in [1.54, 1.807) is 12.4 Å². The molecule has 1 aliphatic heterocycles. The second-order valence-corrected chi connectivity index (χ2v) is 4.66. The van der Waals surface area contributed by atoms with Gasteiger partial charge in [0.2, 0.25) is 0 Å². The summed E-state index contributed by atoms with van der Waals surface area (Å²) in [5, 5.41) is 0. The number of rotatable bonds is 1. The third-order valence-corrected chi connectivity index (χ3v) is 3.43. The van der Waals surface area contributed by atoms with Crippen LogP contribution in [0.1, 0.15) is 12.0 Å². The number of nitrogens with two attached hydrogens (primary N) is 1. The van der Waals surface area contributed by atoms with Crippen LogP contribution in [0.25, 0.3) is 11.3 Å². The first kappa shape index (κ1) is 11.0. The third-order valence-electron chi connectivity index (χ3n) is 3.43. The smallest absolute Gasteiger partial charge is 0.149 e. The van der Waals surface area contributed by atoms with Gasteiger partial charge in [0.15, 0.2) is 0 Å². The number of fused-ring (bicyclic) bond motifs is 1. The summed E-state index contributed by atoms with van der Waals surface area (Å²) in [5.74, 6) is 0.488. The molecule has 0 fully saturated rings. The lowest BCUT2D eigenvalue weighted by Crippen LogP contribution is -2.24. The predicted molar refractivity (Wildman–Crippen MR) is 73.5 cm³/mol. The minimum absolute atomic E-state index is 0.488. The molecule has 92 valence electrons. The van der Waals surface area contributed by atoms with Gasteiger partial charge in [-0.1, -0.05) is 6.07 Å². The minimum Gasteiger partial charge on any atom is -0.382 e. The fraction of sp³-hybridized carbons (Fsp3) is 0.286. The quantitative estimate of drug-likeness (QED) is 0.829. The van der Waals surface area contributed by atoms with Crippen molar-refractivity contribution in [3.63, 3.8) is 0 Å². The zero-order chi connectivity index (χ0) is 12.5. The van der Waals surface area contributed by atoms with Gasteiger partial charge in [-0.2, -0.15) is 0 Å². The molecular formula is C14H16N4. The van der Waals surface area contributed by atoms with E-state index in [4.69, 9.17) is 5.73 Å². The Labute approximate surface area is 106 Å². The van der Waals surface area contributed by atoms with E-state index < -0.39 is 0 Å². The Morgan fingerprint density at radius 2 is 2.06 bits per heavy atom. The molecule has 0 saturated heterocycles. The second kappa shape index (κ2) is 4.29. The highest BCUT2D eigenvalue weighted by Gasteiger charge is 2.15. The van der Waals surface area contributed by atoms with Crippen LogP contribution in [0.3, 0.4) is 0 Å². The topological polar surface area (TPSA) is 55.0 Å². The summed E-state index contributed by atoms with van der Waals surface area (Å²) in [7, 11) is 2.13. The Morgan fingerprint density at radius 3 is 2.89 bits per heavy atom. The Balaban J connectivity index is 2.08. The van der Waals surface area contributed by atoms with E-state index in [1.807, 2.05) is 0 Å². The van der Waals surface area contributed by atoms with Crippen LogP contribution in [-0.4, -0.2) is 23.6 Å². The van der Waals surface area contributed by atoms with Crippen LogP contribution in [0.4, 0.5) is 11.5 Å². The largest absolute Gasteiger partial charge is 0.382 e. The van der Waals surface area contributed by atoms with Crippen LogP contribution in [0.2, 0.25) is 0 Å². The molecular weight excluding hydrogens is 224 g/mol. The van der Waals surface area contributed by atoms with E-state index in [0.29, 0.717) is 5.82 Å². The van der Waals surface area contributed by atoms with Gasteiger partial charge in [-0.25, -0.2) is 4.98 Å². The van der Waals surface area contributed by atoms with E-state index in [9.17, 15) is 0 Å². The minimum atomic E-state index is 0.488. The number of anilines is 2. The molecule has 0 aliphatic carbocycles. The molecule has 4 nitrogen and oxygen atoms in total. The lowest BCUT2D eigenvalue weighted by Gasteiger charge is -2.27. The van der Waals surface area contributed by atoms with Crippen molar-refractivity contribution in [2.45, 2.75) is 12.8 Å². The van der Waals surface area contributed by atoms with E-state index in [0.717, 1.165) is 24.2 Å². The fourth-order valence-corrected chi connectivity index (χ4v) is 2.50. The van der Waals surface area contributed by atoms with Crippen LogP contribution in [0.15, 0.2) is 30.6 Å². The van der Waals surface area contributed by atoms with E-state index in [-0.39, 0.29) is 0 Å². The Bertz CT molecular complexity index is 580. The molecule has 0 bridgehead atoms. The molecule has 3 rings (SSSR count). The zero-order valence-corrected chi connectivity index (χ0v) is 10.4. The maximum atomic E-state index is 5.87. The normalized spacial score (nSPS) is 14.4. The van der Waals surface area contributed by atoms with Crippen molar-refractivity contribution in [2.24, 2.45) is 0 Å². The maximum Gasteiger partial charge on any atom is 0.149 e. The van der Waals surface area contributed by atoms with Gasteiger partial charge < -0.3 is 10.6 Å². The van der Waals surface area contributed by atoms with Crippen LogP contribution in [0, 0.1) is 0 Å². The highest BCUT2D eigenvalue weighted by atomic mass is 15.1. The van der Waals surface area contributed by atoms with Gasteiger partial charge in [-0.3, -0.25) is 4.98 Å². The van der Waals surface area contributed by atoms with Crippen molar-refractivity contribution < 1.29 is 0 Å². The van der Waals surface area contributed by atoms with Crippen LogP contribution >= 0.6 is 0 Å². The van der Waals surface area contributed by atoms with Gasteiger partial charge in [-0.15, -0.1) is 0 Å². The first-order valence-corrected chi connectivity index (χ1v) is 6.16. The number of nitrogens with zero attached hydrogens (tertiary/aromatic N) is 3. The Morgan fingerprint density at radius 1 is 1.22 bits per heavy atom. The molecule has 0 saturated carbocycles. The molecule has 0 unspecified atom stereocenters. The van der Waals surface area contributed by atoms with Crippen molar-refractivity contribution in [3.8, 4) is 11.3 Å². The van der Waals surface area contributed by atoms with Gasteiger partial charge in [0.25, 0.3) is 0 Å². The fourth-order valence-electron chi connectivity index (χ4n) is 2.50. The standard InChI is InChI=1S/C14H16N4/c1-18-8-2-3-10-9-11(4-5-12(10)18)13-14(15)17-7-6-16-13/h4-7,9H,2-3,8H2,1H3,(H2,15,17). The highest BCUT2D eigenvalue weighted by molar-refractivity contribution is 5.73. The molecule has 2 heterocycles. The van der Waals surface area contributed by atoms with Crippen molar-refractivity contribution in [1.82, 2.24) is 9.97 Å². The maximum absolute atomic E-state index is 5.87. The lowest BCUT2D eigenvalue weighted by atomic mass is 9.98. The lowest BCUT2D eigenvalue weighted by molar-refractivity contribution is 0.745. The summed E-state index contributed by atoms with van der Waals surface area (Å²) in [5.41, 5.74) is 10.4. The molecule has 0 amide bonds. The van der Waals surface area contributed by atoms with Gasteiger partial charge in [-0.05, 0) is 30.5 Å². The number of hydrogen-bond acceptors (Lipinski definition) is 4. The van der Waals surface area contributed by atoms with Gasteiger partial charge in [0.05, 0.1) is 0 Å². The molecule has 0 radical (unpaired) electrons. The molecule has 0 atom stereocenters. The summed E-state index contributed by atoms with van der Waals surface area (Å²) < 4.78 is 0. The van der Waals surface area contributed by atoms with Crippen molar-refractivity contribution in [1.29, 1.82) is 0 Å². The highest BCUT2D eigenvalue weighted by Crippen LogP contribution is 2.31. The summed E-state index contributed by atoms with van der Waals surface area (Å²) in [4.78, 5) is 10.7. The number of hydrogen-bond donors (Lipinski definition) is 1. The first-order chi connectivity index (χ1) is 8.75. The molecule has 2 N–H and O–H groups in total. The summed E-state index contributed by atoms with van der Waals surface area (Å²) in [6.07, 6.45) is 5.61. The molecule has 1 aliphatic rings. The third kappa shape index (κ3) is 1.79. The average Bonchev–Trinajstić information content (AvgIpc) is 2.39. The number of benzene rings is 1. The van der Waals surface area contributed by atoms with Crippen molar-refractivity contribution in [2.75, 3.05) is 24.2 Å². The number of aromatic nitrogens is 2. The van der Waals surface area contributed by atoms with E-state index in [2.05, 4.69) is 40.1 Å². The van der Waals surface area contributed by atoms with Crippen molar-refractivity contribution in [3.05, 3.63) is 36.2 Å². The molecule has 18 heavy (non-hydrogen) atoms. The molecule has 2 aromatic rings. The first-order valence-electron chi connectivity index (χ1n) is 6.16. The van der Waals surface area contributed by atoms with Gasteiger partial charge in [0, 0.05) is 37.2 Å². The molecule has 4 heteroatoms. The summed E-state index contributed by atoms with van der Waals surface area (Å²) >= 11 is 0.